The summed E-state index contributed by atoms with van der Waals surface area (Å²) >= 11 is 0. The first-order valence-corrected chi connectivity index (χ1v) is 8.62. The Labute approximate surface area is 164 Å². The summed E-state index contributed by atoms with van der Waals surface area (Å²) < 4.78 is 10.3. The Morgan fingerprint density at radius 3 is 2.29 bits per heavy atom. The molecule has 8 heteroatoms. The molecular formula is C20H25N3O5. The fourth-order valence-corrected chi connectivity index (χ4v) is 2.47. The van der Waals surface area contributed by atoms with Gasteiger partial charge in [0, 0.05) is 32.4 Å². The van der Waals surface area contributed by atoms with Crippen molar-refractivity contribution in [2.24, 2.45) is 0 Å². The monoisotopic (exact) mass is 387 g/mol. The van der Waals surface area contributed by atoms with E-state index < -0.39 is 17.9 Å². The molecule has 28 heavy (non-hydrogen) atoms. The highest BCUT2D eigenvalue weighted by Gasteiger charge is 2.18. The van der Waals surface area contributed by atoms with Crippen LogP contribution in [0.4, 0.5) is 11.4 Å². The summed E-state index contributed by atoms with van der Waals surface area (Å²) in [6.45, 7) is -0.0944. The van der Waals surface area contributed by atoms with E-state index in [1.54, 1.807) is 30.3 Å². The van der Waals surface area contributed by atoms with Gasteiger partial charge in [0.25, 0.3) is 0 Å². The van der Waals surface area contributed by atoms with Crippen molar-refractivity contribution in [3.05, 3.63) is 48.0 Å². The minimum absolute atomic E-state index is 0.0944. The second kappa shape index (κ2) is 9.61. The van der Waals surface area contributed by atoms with Crippen molar-refractivity contribution in [2.75, 3.05) is 45.1 Å². The van der Waals surface area contributed by atoms with E-state index >= 15 is 0 Å². The van der Waals surface area contributed by atoms with E-state index in [1.165, 1.54) is 14.2 Å². The van der Waals surface area contributed by atoms with E-state index in [1.807, 2.05) is 31.1 Å². The minimum atomic E-state index is -0.931. The van der Waals surface area contributed by atoms with Crippen molar-refractivity contribution in [2.45, 2.75) is 6.10 Å². The van der Waals surface area contributed by atoms with Gasteiger partial charge in [-0.1, -0.05) is 12.1 Å². The number of nitrogens with zero attached hydrogens (tertiary/aromatic N) is 1. The molecule has 0 spiro atoms. The van der Waals surface area contributed by atoms with Crippen LogP contribution >= 0.6 is 0 Å². The predicted molar refractivity (Wildman–Crippen MR) is 107 cm³/mol. The van der Waals surface area contributed by atoms with Gasteiger partial charge in [-0.3, -0.25) is 9.59 Å². The Morgan fingerprint density at radius 1 is 1.04 bits per heavy atom. The average molecular weight is 387 g/mol. The zero-order valence-corrected chi connectivity index (χ0v) is 16.4. The zero-order chi connectivity index (χ0) is 20.7. The van der Waals surface area contributed by atoms with Gasteiger partial charge in [0.05, 0.1) is 26.0 Å². The number of amides is 2. The maximum atomic E-state index is 12.1. The molecule has 2 aromatic rings. The molecule has 3 N–H and O–H groups in total. The number of rotatable bonds is 7. The number of ether oxygens (including phenoxy) is 2. The van der Waals surface area contributed by atoms with E-state index in [4.69, 9.17) is 9.47 Å². The van der Waals surface area contributed by atoms with E-state index in [0.717, 1.165) is 5.69 Å². The minimum Gasteiger partial charge on any atom is -0.497 e. The van der Waals surface area contributed by atoms with Crippen molar-refractivity contribution in [3.8, 4) is 11.5 Å². The third-order valence-corrected chi connectivity index (χ3v) is 4.11. The van der Waals surface area contributed by atoms with E-state index in [9.17, 15) is 14.7 Å². The lowest BCUT2D eigenvalue weighted by atomic mass is 10.1. The van der Waals surface area contributed by atoms with Gasteiger partial charge in [-0.25, -0.2) is 0 Å². The lowest BCUT2D eigenvalue weighted by Crippen LogP contribution is -2.37. The van der Waals surface area contributed by atoms with E-state index in [0.29, 0.717) is 22.7 Å². The molecule has 2 aromatic carbocycles. The Kier molecular flexibility index (Phi) is 7.22. The predicted octanol–water partition coefficient (Wildman–Crippen LogP) is 1.56. The molecule has 0 fully saturated rings. The number of carbonyl (C=O) groups is 2. The van der Waals surface area contributed by atoms with Crippen molar-refractivity contribution in [1.29, 1.82) is 0 Å². The van der Waals surface area contributed by atoms with Crippen molar-refractivity contribution < 1.29 is 24.2 Å². The van der Waals surface area contributed by atoms with Gasteiger partial charge < -0.3 is 30.1 Å². The molecule has 0 saturated heterocycles. The molecule has 0 aromatic heterocycles. The molecule has 0 aliphatic rings. The SMILES string of the molecule is COc1ccc(OC)c(NC(=O)C(=O)NCC(O)c2ccc(N(C)C)cc2)c1. The fraction of sp³-hybridized carbons (Fsp3) is 0.300. The van der Waals surface area contributed by atoms with Crippen molar-refractivity contribution in [3.63, 3.8) is 0 Å². The quantitative estimate of drug-likeness (QED) is 0.624. The zero-order valence-electron chi connectivity index (χ0n) is 16.4. The lowest BCUT2D eigenvalue weighted by molar-refractivity contribution is -0.136. The normalized spacial score (nSPS) is 11.3. The van der Waals surface area contributed by atoms with Crippen LogP contribution in [0.1, 0.15) is 11.7 Å². The number of hydrogen-bond acceptors (Lipinski definition) is 6. The number of carbonyl (C=O) groups excluding carboxylic acids is 2. The van der Waals surface area contributed by atoms with Crippen LogP contribution in [-0.2, 0) is 9.59 Å². The maximum absolute atomic E-state index is 12.1. The summed E-state index contributed by atoms with van der Waals surface area (Å²) in [6.07, 6.45) is -0.931. The van der Waals surface area contributed by atoms with Crippen LogP contribution in [0, 0.1) is 0 Å². The molecule has 2 amide bonds. The number of aliphatic hydroxyl groups is 1. The van der Waals surface area contributed by atoms with Crippen LogP contribution < -0.4 is 25.0 Å². The number of hydrogen-bond donors (Lipinski definition) is 3. The highest BCUT2D eigenvalue weighted by molar-refractivity contribution is 6.39. The van der Waals surface area contributed by atoms with Gasteiger partial charge in [-0.2, -0.15) is 0 Å². The van der Waals surface area contributed by atoms with Crippen LogP contribution in [0.25, 0.3) is 0 Å². The van der Waals surface area contributed by atoms with Crippen LogP contribution in [0.5, 0.6) is 11.5 Å². The molecule has 0 bridgehead atoms. The van der Waals surface area contributed by atoms with Gasteiger partial charge >= 0.3 is 11.8 Å². The summed E-state index contributed by atoms with van der Waals surface area (Å²) in [7, 11) is 6.78. The molecule has 2 rings (SSSR count). The largest absolute Gasteiger partial charge is 0.497 e. The Bertz CT molecular complexity index is 821. The topological polar surface area (TPSA) is 100 Å². The van der Waals surface area contributed by atoms with Gasteiger partial charge in [-0.15, -0.1) is 0 Å². The molecule has 0 heterocycles. The number of anilines is 2. The molecule has 0 radical (unpaired) electrons. The average Bonchev–Trinajstić information content (AvgIpc) is 2.71. The highest BCUT2D eigenvalue weighted by Crippen LogP contribution is 2.28. The summed E-state index contributed by atoms with van der Waals surface area (Å²) in [5.41, 5.74) is 1.94. The lowest BCUT2D eigenvalue weighted by Gasteiger charge is -2.16. The molecule has 1 unspecified atom stereocenters. The van der Waals surface area contributed by atoms with Crippen LogP contribution in [-0.4, -0.2) is 51.8 Å². The second-order valence-corrected chi connectivity index (χ2v) is 6.23. The van der Waals surface area contributed by atoms with E-state index in [2.05, 4.69) is 10.6 Å². The summed E-state index contributed by atoms with van der Waals surface area (Å²) in [5, 5.41) is 15.1. The number of methoxy groups -OCH3 is 2. The Hall–Kier alpha value is -3.26. The first-order chi connectivity index (χ1) is 13.3. The molecule has 8 nitrogen and oxygen atoms in total. The number of nitrogens with one attached hydrogen (secondary N) is 2. The third kappa shape index (κ3) is 5.37. The number of aliphatic hydroxyl groups excluding tert-OH is 1. The molecule has 0 aliphatic carbocycles. The summed E-state index contributed by atoms with van der Waals surface area (Å²) in [4.78, 5) is 26.1. The van der Waals surface area contributed by atoms with Crippen molar-refractivity contribution in [1.82, 2.24) is 5.32 Å². The standard InChI is InChI=1S/C20H25N3O5/c1-23(2)14-7-5-13(6-8-14)17(24)12-21-19(25)20(26)22-16-11-15(27-3)9-10-18(16)28-4/h5-11,17,24H,12H2,1-4H3,(H,21,25)(H,22,26). The Morgan fingerprint density at radius 2 is 1.71 bits per heavy atom. The fourth-order valence-electron chi connectivity index (χ4n) is 2.47. The van der Waals surface area contributed by atoms with Gasteiger partial charge in [0.2, 0.25) is 0 Å². The Balaban J connectivity index is 1.94. The first-order valence-electron chi connectivity index (χ1n) is 8.62. The smallest absolute Gasteiger partial charge is 0.313 e. The molecule has 0 aliphatic heterocycles. The first kappa shape index (κ1) is 21.0. The van der Waals surface area contributed by atoms with Crippen LogP contribution in [0.2, 0.25) is 0 Å². The molecule has 1 atom stereocenters. The molecule has 150 valence electrons. The second-order valence-electron chi connectivity index (χ2n) is 6.23. The van der Waals surface area contributed by atoms with Crippen LogP contribution in [0.3, 0.4) is 0 Å². The third-order valence-electron chi connectivity index (χ3n) is 4.11. The summed E-state index contributed by atoms with van der Waals surface area (Å²) in [6, 6.07) is 12.1. The highest BCUT2D eigenvalue weighted by atomic mass is 16.5. The maximum Gasteiger partial charge on any atom is 0.313 e. The van der Waals surface area contributed by atoms with Gasteiger partial charge in [-0.05, 0) is 29.8 Å². The summed E-state index contributed by atoms with van der Waals surface area (Å²) in [5.74, 6) is -0.841. The molecular weight excluding hydrogens is 362 g/mol. The van der Waals surface area contributed by atoms with Gasteiger partial charge in [0.1, 0.15) is 11.5 Å². The van der Waals surface area contributed by atoms with Crippen LogP contribution in [0.15, 0.2) is 42.5 Å². The van der Waals surface area contributed by atoms with Crippen molar-refractivity contribution >= 4 is 23.2 Å². The van der Waals surface area contributed by atoms with E-state index in [-0.39, 0.29) is 6.54 Å². The van der Waals surface area contributed by atoms with Gasteiger partial charge in [0.15, 0.2) is 0 Å². The number of benzene rings is 2. The molecule has 0 saturated carbocycles.